The minimum absolute atomic E-state index is 0. The Morgan fingerprint density at radius 2 is 1.75 bits per heavy atom. The number of guanidine groups is 1. The van der Waals surface area contributed by atoms with E-state index < -0.39 is 11.7 Å². The van der Waals surface area contributed by atoms with Crippen LogP contribution in [0, 0.1) is 0 Å². The molecular formula is C20H32IN5O2. The van der Waals surface area contributed by atoms with E-state index in [1.165, 1.54) is 10.9 Å². The standard InChI is InChI=1S/C20H31N5O2.HI/c1-20(2,3)27-19(26)24-13-12-23-18(21-4)22-11-7-14-25-15-10-16-8-5-6-9-17(16)25;/h5-6,8-10,15H,7,11-14H2,1-4H3,(H,24,26)(H2,21,22,23);1H. The van der Waals surface area contributed by atoms with Gasteiger partial charge in [0.2, 0.25) is 0 Å². The number of fused-ring (bicyclic) bond motifs is 1. The molecule has 0 radical (unpaired) electrons. The van der Waals surface area contributed by atoms with Gasteiger partial charge in [0, 0.05) is 44.9 Å². The molecule has 0 saturated heterocycles. The van der Waals surface area contributed by atoms with Crippen LogP contribution in [0.25, 0.3) is 10.9 Å². The fraction of sp³-hybridized carbons (Fsp3) is 0.500. The number of aliphatic imine (C=N–C) groups is 1. The third kappa shape index (κ3) is 8.37. The maximum absolute atomic E-state index is 11.6. The van der Waals surface area contributed by atoms with E-state index in [1.54, 1.807) is 7.05 Å². The molecule has 2 rings (SSSR count). The molecule has 0 unspecified atom stereocenters. The Hall–Kier alpha value is -1.97. The van der Waals surface area contributed by atoms with Gasteiger partial charge in [0.05, 0.1) is 0 Å². The SMILES string of the molecule is CN=C(NCCCn1ccc2ccccc21)NCCNC(=O)OC(C)(C)C.I. The number of nitrogens with one attached hydrogen (secondary N) is 3. The number of aryl methyl sites for hydroxylation is 1. The summed E-state index contributed by atoms with van der Waals surface area (Å²) in [6, 6.07) is 10.5. The predicted octanol–water partition coefficient (Wildman–Crippen LogP) is 3.34. The number of benzene rings is 1. The van der Waals surface area contributed by atoms with Crippen LogP contribution in [0.4, 0.5) is 4.79 Å². The van der Waals surface area contributed by atoms with Crippen molar-refractivity contribution in [1.29, 1.82) is 0 Å². The van der Waals surface area contributed by atoms with E-state index in [0.717, 1.165) is 25.5 Å². The monoisotopic (exact) mass is 501 g/mol. The molecule has 28 heavy (non-hydrogen) atoms. The number of carbonyl (C=O) groups excluding carboxylic acids is 1. The Bertz CT molecular complexity index is 767. The van der Waals surface area contributed by atoms with E-state index >= 15 is 0 Å². The zero-order chi connectivity index (χ0) is 19.7. The lowest BCUT2D eigenvalue weighted by atomic mass is 10.2. The Labute approximate surface area is 184 Å². The summed E-state index contributed by atoms with van der Waals surface area (Å²) in [5.41, 5.74) is 0.772. The first-order valence-electron chi connectivity index (χ1n) is 9.34. The van der Waals surface area contributed by atoms with Crippen LogP contribution in [0.5, 0.6) is 0 Å². The molecule has 8 heteroatoms. The fourth-order valence-corrected chi connectivity index (χ4v) is 2.67. The minimum atomic E-state index is -0.486. The molecule has 1 amide bonds. The summed E-state index contributed by atoms with van der Waals surface area (Å²) in [7, 11) is 1.73. The lowest BCUT2D eigenvalue weighted by Crippen LogP contribution is -2.42. The number of nitrogens with zero attached hydrogens (tertiary/aromatic N) is 2. The van der Waals surface area contributed by atoms with Crippen LogP contribution in [-0.4, -0.2) is 48.9 Å². The van der Waals surface area contributed by atoms with Gasteiger partial charge in [-0.3, -0.25) is 4.99 Å². The molecular weight excluding hydrogens is 469 g/mol. The number of rotatable bonds is 7. The summed E-state index contributed by atoms with van der Waals surface area (Å²) in [5, 5.41) is 10.4. The average molecular weight is 501 g/mol. The average Bonchev–Trinajstić information content (AvgIpc) is 3.02. The molecule has 156 valence electrons. The number of para-hydroxylation sites is 1. The van der Waals surface area contributed by atoms with E-state index in [4.69, 9.17) is 4.74 Å². The number of aromatic nitrogens is 1. The van der Waals surface area contributed by atoms with Gasteiger partial charge < -0.3 is 25.3 Å². The van der Waals surface area contributed by atoms with Gasteiger partial charge in [-0.25, -0.2) is 4.79 Å². The van der Waals surface area contributed by atoms with Crippen LogP contribution in [0.2, 0.25) is 0 Å². The van der Waals surface area contributed by atoms with E-state index in [2.05, 4.69) is 62.0 Å². The Balaban J connectivity index is 0.00000392. The zero-order valence-electron chi connectivity index (χ0n) is 17.1. The summed E-state index contributed by atoms with van der Waals surface area (Å²) in [6.45, 7) is 8.31. The summed E-state index contributed by atoms with van der Waals surface area (Å²) >= 11 is 0. The first-order chi connectivity index (χ1) is 12.9. The fourth-order valence-electron chi connectivity index (χ4n) is 2.67. The highest BCUT2D eigenvalue weighted by atomic mass is 127. The van der Waals surface area contributed by atoms with Gasteiger partial charge in [-0.15, -0.1) is 24.0 Å². The molecule has 0 spiro atoms. The second-order valence-electron chi connectivity index (χ2n) is 7.28. The van der Waals surface area contributed by atoms with Crippen LogP contribution < -0.4 is 16.0 Å². The lowest BCUT2D eigenvalue weighted by molar-refractivity contribution is 0.0529. The molecule has 7 nitrogen and oxygen atoms in total. The molecule has 0 aliphatic heterocycles. The maximum Gasteiger partial charge on any atom is 0.407 e. The molecule has 1 heterocycles. The van der Waals surface area contributed by atoms with Gasteiger partial charge in [0.25, 0.3) is 0 Å². The lowest BCUT2D eigenvalue weighted by Gasteiger charge is -2.20. The van der Waals surface area contributed by atoms with Crippen molar-refractivity contribution in [2.45, 2.75) is 39.3 Å². The van der Waals surface area contributed by atoms with Crippen LogP contribution >= 0.6 is 24.0 Å². The van der Waals surface area contributed by atoms with Crippen molar-refractivity contribution in [3.05, 3.63) is 36.5 Å². The number of alkyl carbamates (subject to hydrolysis) is 1. The molecule has 1 aromatic heterocycles. The topological polar surface area (TPSA) is 79.7 Å². The smallest absolute Gasteiger partial charge is 0.407 e. The summed E-state index contributed by atoms with van der Waals surface area (Å²) < 4.78 is 7.45. The normalized spacial score (nSPS) is 11.6. The van der Waals surface area contributed by atoms with Crippen molar-refractivity contribution < 1.29 is 9.53 Å². The molecule has 0 aliphatic rings. The second-order valence-corrected chi connectivity index (χ2v) is 7.28. The molecule has 2 aromatic rings. The van der Waals surface area contributed by atoms with Crippen LogP contribution in [0.3, 0.4) is 0 Å². The molecule has 0 bridgehead atoms. The van der Waals surface area contributed by atoms with E-state index in [9.17, 15) is 4.79 Å². The second kappa shape index (κ2) is 11.8. The number of hydrogen-bond acceptors (Lipinski definition) is 3. The molecule has 0 saturated carbocycles. The predicted molar refractivity (Wildman–Crippen MR) is 126 cm³/mol. The van der Waals surface area contributed by atoms with E-state index in [-0.39, 0.29) is 24.0 Å². The summed E-state index contributed by atoms with van der Waals surface area (Å²) in [6.07, 6.45) is 2.70. The molecule has 0 aliphatic carbocycles. The largest absolute Gasteiger partial charge is 0.444 e. The Morgan fingerprint density at radius 1 is 1.07 bits per heavy atom. The van der Waals surface area contributed by atoms with Crippen molar-refractivity contribution in [2.24, 2.45) is 4.99 Å². The zero-order valence-corrected chi connectivity index (χ0v) is 19.4. The van der Waals surface area contributed by atoms with Crippen LogP contribution in [0.1, 0.15) is 27.2 Å². The van der Waals surface area contributed by atoms with E-state index in [1.807, 2.05) is 20.8 Å². The summed E-state index contributed by atoms with van der Waals surface area (Å²) in [5.74, 6) is 0.721. The molecule has 0 fully saturated rings. The van der Waals surface area contributed by atoms with Crippen LogP contribution in [0.15, 0.2) is 41.5 Å². The molecule has 1 aromatic carbocycles. The number of carbonyl (C=O) groups is 1. The van der Waals surface area contributed by atoms with Crippen molar-refractivity contribution in [3.8, 4) is 0 Å². The van der Waals surface area contributed by atoms with Gasteiger partial charge in [-0.1, -0.05) is 18.2 Å². The Morgan fingerprint density at radius 3 is 2.46 bits per heavy atom. The Kier molecular flexibility index (Phi) is 10.1. The number of amides is 1. The first kappa shape index (κ1) is 24.1. The van der Waals surface area contributed by atoms with Crippen molar-refractivity contribution in [1.82, 2.24) is 20.5 Å². The maximum atomic E-state index is 11.6. The van der Waals surface area contributed by atoms with Crippen molar-refractivity contribution >= 4 is 46.9 Å². The third-order valence-electron chi connectivity index (χ3n) is 3.86. The third-order valence-corrected chi connectivity index (χ3v) is 3.86. The van der Waals surface area contributed by atoms with Crippen molar-refractivity contribution in [3.63, 3.8) is 0 Å². The van der Waals surface area contributed by atoms with E-state index in [0.29, 0.717) is 13.1 Å². The number of hydrogen-bond donors (Lipinski definition) is 3. The first-order valence-corrected chi connectivity index (χ1v) is 9.34. The highest BCUT2D eigenvalue weighted by Crippen LogP contribution is 2.15. The van der Waals surface area contributed by atoms with Gasteiger partial charge in [-0.2, -0.15) is 0 Å². The van der Waals surface area contributed by atoms with Gasteiger partial charge in [0.15, 0.2) is 5.96 Å². The van der Waals surface area contributed by atoms with Crippen LogP contribution in [-0.2, 0) is 11.3 Å². The molecule has 0 atom stereocenters. The van der Waals surface area contributed by atoms with Gasteiger partial charge in [0.1, 0.15) is 5.60 Å². The number of ether oxygens (including phenoxy) is 1. The highest BCUT2D eigenvalue weighted by molar-refractivity contribution is 14.0. The highest BCUT2D eigenvalue weighted by Gasteiger charge is 2.15. The summed E-state index contributed by atoms with van der Waals surface area (Å²) in [4.78, 5) is 15.8. The van der Waals surface area contributed by atoms with Gasteiger partial charge in [-0.05, 0) is 44.7 Å². The number of halogens is 1. The quantitative estimate of drug-likeness (QED) is 0.235. The molecule has 3 N–H and O–H groups in total. The minimum Gasteiger partial charge on any atom is -0.444 e. The van der Waals surface area contributed by atoms with Crippen molar-refractivity contribution in [2.75, 3.05) is 26.7 Å². The van der Waals surface area contributed by atoms with Gasteiger partial charge >= 0.3 is 6.09 Å².